The summed E-state index contributed by atoms with van der Waals surface area (Å²) in [5, 5.41) is 6.32. The molecule has 1 aromatic rings. The van der Waals surface area contributed by atoms with Crippen molar-refractivity contribution in [3.63, 3.8) is 0 Å². The van der Waals surface area contributed by atoms with Gasteiger partial charge >= 0.3 is 0 Å². The van der Waals surface area contributed by atoms with E-state index in [0.29, 0.717) is 12.2 Å². The van der Waals surface area contributed by atoms with Gasteiger partial charge in [-0.1, -0.05) is 18.5 Å². The second kappa shape index (κ2) is 7.39. The van der Waals surface area contributed by atoms with Crippen molar-refractivity contribution in [1.82, 2.24) is 15.2 Å². The van der Waals surface area contributed by atoms with Crippen LogP contribution in [-0.2, 0) is 14.8 Å². The summed E-state index contributed by atoms with van der Waals surface area (Å²) in [5.41, 5.74) is 0.308. The molecular formula is C12H21N3O4S. The van der Waals surface area contributed by atoms with Gasteiger partial charge in [0.1, 0.15) is 10.6 Å². The zero-order chi connectivity index (χ0) is 15.2. The highest BCUT2D eigenvalue weighted by molar-refractivity contribution is 7.89. The van der Waals surface area contributed by atoms with Gasteiger partial charge in [0.2, 0.25) is 15.9 Å². The number of amides is 1. The SMILES string of the molecule is CCCCNC(=O)CCNS(=O)(=O)c1c(C)noc1C. The summed E-state index contributed by atoms with van der Waals surface area (Å²) in [5.74, 6) is 0.0716. The van der Waals surface area contributed by atoms with Gasteiger partial charge in [-0.3, -0.25) is 4.79 Å². The van der Waals surface area contributed by atoms with Crippen LogP contribution in [0.1, 0.15) is 37.6 Å². The Bertz CT molecular complexity index is 532. The first kappa shape index (κ1) is 16.6. The van der Waals surface area contributed by atoms with Crippen LogP contribution < -0.4 is 10.0 Å². The van der Waals surface area contributed by atoms with Crippen LogP contribution in [-0.4, -0.2) is 32.6 Å². The van der Waals surface area contributed by atoms with Gasteiger partial charge in [-0.25, -0.2) is 13.1 Å². The molecule has 0 unspecified atom stereocenters. The minimum Gasteiger partial charge on any atom is -0.360 e. The van der Waals surface area contributed by atoms with Gasteiger partial charge in [0.05, 0.1) is 0 Å². The van der Waals surface area contributed by atoms with E-state index < -0.39 is 10.0 Å². The Hall–Kier alpha value is -1.41. The largest absolute Gasteiger partial charge is 0.360 e. The van der Waals surface area contributed by atoms with E-state index >= 15 is 0 Å². The standard InChI is InChI=1S/C12H21N3O4S/c1-4-5-7-13-11(16)6-8-14-20(17,18)12-9(2)15-19-10(12)3/h14H,4-8H2,1-3H3,(H,13,16). The Kier molecular flexibility index (Phi) is 6.15. The molecule has 0 aliphatic rings. The lowest BCUT2D eigenvalue weighted by molar-refractivity contribution is -0.120. The van der Waals surface area contributed by atoms with Crippen molar-refractivity contribution in [1.29, 1.82) is 0 Å². The lowest BCUT2D eigenvalue weighted by atomic mass is 10.3. The molecule has 0 bridgehead atoms. The normalized spacial score (nSPS) is 11.6. The number of unbranched alkanes of at least 4 members (excludes halogenated alkanes) is 1. The molecule has 0 aliphatic heterocycles. The first-order valence-corrected chi connectivity index (χ1v) is 8.06. The highest BCUT2D eigenvalue weighted by Crippen LogP contribution is 2.18. The van der Waals surface area contributed by atoms with Gasteiger partial charge in [-0.2, -0.15) is 0 Å². The number of nitrogens with one attached hydrogen (secondary N) is 2. The van der Waals surface area contributed by atoms with Crippen molar-refractivity contribution in [3.05, 3.63) is 11.5 Å². The molecule has 0 aliphatic carbocycles. The summed E-state index contributed by atoms with van der Waals surface area (Å²) in [6.45, 7) is 5.79. The first-order chi connectivity index (χ1) is 9.38. The number of nitrogens with zero attached hydrogens (tertiary/aromatic N) is 1. The number of carbonyl (C=O) groups is 1. The summed E-state index contributed by atoms with van der Waals surface area (Å²) in [7, 11) is -3.69. The van der Waals surface area contributed by atoms with E-state index in [9.17, 15) is 13.2 Å². The van der Waals surface area contributed by atoms with Crippen molar-refractivity contribution in [2.75, 3.05) is 13.1 Å². The number of aryl methyl sites for hydroxylation is 2. The van der Waals surface area contributed by atoms with Gasteiger partial charge in [0.15, 0.2) is 5.76 Å². The third-order valence-electron chi connectivity index (χ3n) is 2.73. The number of rotatable bonds is 8. The highest BCUT2D eigenvalue weighted by atomic mass is 32.2. The van der Waals surface area contributed by atoms with E-state index in [1.165, 1.54) is 6.92 Å². The lowest BCUT2D eigenvalue weighted by Crippen LogP contribution is -2.31. The van der Waals surface area contributed by atoms with E-state index in [0.717, 1.165) is 12.8 Å². The smallest absolute Gasteiger partial charge is 0.245 e. The van der Waals surface area contributed by atoms with E-state index in [-0.39, 0.29) is 29.5 Å². The van der Waals surface area contributed by atoms with Gasteiger partial charge < -0.3 is 9.84 Å². The summed E-state index contributed by atoms with van der Waals surface area (Å²) in [6, 6.07) is 0. The average Bonchev–Trinajstić information content (AvgIpc) is 2.69. The van der Waals surface area contributed by atoms with E-state index in [4.69, 9.17) is 4.52 Å². The van der Waals surface area contributed by atoms with E-state index in [2.05, 4.69) is 15.2 Å². The maximum absolute atomic E-state index is 12.0. The van der Waals surface area contributed by atoms with Crippen molar-refractivity contribution in [2.45, 2.75) is 44.9 Å². The molecule has 2 N–H and O–H groups in total. The third kappa shape index (κ3) is 4.61. The fraction of sp³-hybridized carbons (Fsp3) is 0.667. The van der Waals surface area contributed by atoms with Crippen LogP contribution in [0.5, 0.6) is 0 Å². The van der Waals surface area contributed by atoms with Gasteiger partial charge in [-0.05, 0) is 20.3 Å². The number of sulfonamides is 1. The molecule has 0 atom stereocenters. The number of carbonyl (C=O) groups excluding carboxylic acids is 1. The predicted octanol–water partition coefficient (Wildman–Crippen LogP) is 0.876. The molecule has 1 aromatic heterocycles. The second-order valence-corrected chi connectivity index (χ2v) is 6.21. The molecule has 0 spiro atoms. The summed E-state index contributed by atoms with van der Waals surface area (Å²) < 4.78 is 31.3. The topological polar surface area (TPSA) is 101 Å². The second-order valence-electron chi connectivity index (χ2n) is 4.50. The molecule has 7 nitrogen and oxygen atoms in total. The summed E-state index contributed by atoms with van der Waals surface area (Å²) in [4.78, 5) is 11.5. The number of hydrogen-bond donors (Lipinski definition) is 2. The monoisotopic (exact) mass is 303 g/mol. The molecule has 1 rings (SSSR count). The average molecular weight is 303 g/mol. The molecular weight excluding hydrogens is 282 g/mol. The third-order valence-corrected chi connectivity index (χ3v) is 4.44. The Balaban J connectivity index is 2.47. The van der Waals surface area contributed by atoms with E-state index in [1.54, 1.807) is 6.92 Å². The van der Waals surface area contributed by atoms with Gasteiger partial charge in [0.25, 0.3) is 0 Å². The lowest BCUT2D eigenvalue weighted by Gasteiger charge is -2.06. The molecule has 0 aromatic carbocycles. The van der Waals surface area contributed by atoms with Crippen LogP contribution in [0.25, 0.3) is 0 Å². The molecule has 20 heavy (non-hydrogen) atoms. The number of aromatic nitrogens is 1. The van der Waals surface area contributed by atoms with Crippen molar-refractivity contribution in [2.24, 2.45) is 0 Å². The predicted molar refractivity (Wildman–Crippen MR) is 73.7 cm³/mol. The molecule has 114 valence electrons. The van der Waals surface area contributed by atoms with Crippen LogP contribution in [0.2, 0.25) is 0 Å². The molecule has 0 fully saturated rings. The Morgan fingerprint density at radius 3 is 2.55 bits per heavy atom. The summed E-state index contributed by atoms with van der Waals surface area (Å²) >= 11 is 0. The van der Waals surface area contributed by atoms with Crippen LogP contribution in [0.3, 0.4) is 0 Å². The van der Waals surface area contributed by atoms with Crippen LogP contribution in [0.4, 0.5) is 0 Å². The fourth-order valence-corrected chi connectivity index (χ4v) is 3.08. The van der Waals surface area contributed by atoms with Gasteiger partial charge in [0, 0.05) is 19.5 Å². The highest BCUT2D eigenvalue weighted by Gasteiger charge is 2.23. The molecule has 0 saturated heterocycles. The maximum Gasteiger partial charge on any atom is 0.245 e. The zero-order valence-electron chi connectivity index (χ0n) is 12.0. The van der Waals surface area contributed by atoms with Crippen LogP contribution in [0.15, 0.2) is 9.42 Å². The number of hydrogen-bond acceptors (Lipinski definition) is 5. The molecule has 1 amide bonds. The van der Waals surface area contributed by atoms with Crippen LogP contribution in [0, 0.1) is 13.8 Å². The molecule has 0 radical (unpaired) electrons. The van der Waals surface area contributed by atoms with Crippen LogP contribution >= 0.6 is 0 Å². The first-order valence-electron chi connectivity index (χ1n) is 6.57. The minimum absolute atomic E-state index is 0.0453. The Labute approximate surface area is 119 Å². The minimum atomic E-state index is -3.69. The molecule has 0 saturated carbocycles. The molecule has 8 heteroatoms. The van der Waals surface area contributed by atoms with Crippen molar-refractivity contribution in [3.8, 4) is 0 Å². The zero-order valence-corrected chi connectivity index (χ0v) is 12.8. The van der Waals surface area contributed by atoms with E-state index in [1.807, 2.05) is 6.92 Å². The Morgan fingerprint density at radius 1 is 1.30 bits per heavy atom. The van der Waals surface area contributed by atoms with Crippen molar-refractivity contribution >= 4 is 15.9 Å². The van der Waals surface area contributed by atoms with Crippen molar-refractivity contribution < 1.29 is 17.7 Å². The Morgan fingerprint density at radius 2 is 2.00 bits per heavy atom. The quantitative estimate of drug-likeness (QED) is 0.694. The summed E-state index contributed by atoms with van der Waals surface area (Å²) in [6.07, 6.45) is 2.02. The maximum atomic E-state index is 12.0. The van der Waals surface area contributed by atoms with Gasteiger partial charge in [-0.15, -0.1) is 0 Å². The molecule has 1 heterocycles. The fourth-order valence-electron chi connectivity index (χ4n) is 1.72.